The van der Waals surface area contributed by atoms with Crippen molar-refractivity contribution in [2.75, 3.05) is 20.6 Å². The van der Waals surface area contributed by atoms with Gasteiger partial charge in [0.15, 0.2) is 0 Å². The summed E-state index contributed by atoms with van der Waals surface area (Å²) < 4.78 is 28.0. The molecule has 0 amide bonds. The van der Waals surface area contributed by atoms with Crippen LogP contribution in [0.15, 0.2) is 42.5 Å². The minimum Gasteiger partial charge on any atom is -0.473 e. The van der Waals surface area contributed by atoms with Crippen molar-refractivity contribution >= 4 is 11.9 Å². The largest absolute Gasteiger partial charge is 0.473 e. The number of hydrogen-bond donors (Lipinski definition) is 3. The van der Waals surface area contributed by atoms with E-state index >= 15 is 0 Å². The fourth-order valence-electron chi connectivity index (χ4n) is 4.25. The minimum absolute atomic E-state index is 0.381. The Morgan fingerprint density at radius 1 is 1.09 bits per heavy atom. The number of carbonyl (C=O) groups is 2. The lowest BCUT2D eigenvalue weighted by atomic mass is 9.73. The second-order valence-corrected chi connectivity index (χ2v) is 8.21. The number of fused-ring (bicyclic) bond motifs is 1. The summed E-state index contributed by atoms with van der Waals surface area (Å²) in [7, 11) is 4.00. The topological polar surface area (TPSA) is 98.1 Å². The summed E-state index contributed by atoms with van der Waals surface area (Å²) in [5.41, 5.74) is 1.28. The molecule has 32 heavy (non-hydrogen) atoms. The van der Waals surface area contributed by atoms with E-state index in [1.807, 2.05) is 32.3 Å². The van der Waals surface area contributed by atoms with Gasteiger partial charge >= 0.3 is 11.9 Å². The van der Waals surface area contributed by atoms with Crippen molar-refractivity contribution in [3.8, 4) is 0 Å². The first-order chi connectivity index (χ1) is 15.1. The van der Waals surface area contributed by atoms with E-state index in [0.717, 1.165) is 43.0 Å². The molecule has 0 spiro atoms. The Bertz CT molecular complexity index is 938. The third-order valence-electron chi connectivity index (χ3n) is 5.68. The smallest absolute Gasteiger partial charge is 0.414 e. The van der Waals surface area contributed by atoms with Gasteiger partial charge in [0.05, 0.1) is 5.60 Å². The van der Waals surface area contributed by atoms with Gasteiger partial charge in [-0.15, -0.1) is 0 Å². The first-order valence-electron chi connectivity index (χ1n) is 10.4. The normalized spacial score (nSPS) is 20.0. The van der Waals surface area contributed by atoms with Gasteiger partial charge in [0.2, 0.25) is 0 Å². The molecule has 174 valence electrons. The van der Waals surface area contributed by atoms with Crippen LogP contribution in [0.5, 0.6) is 0 Å². The number of halogens is 2. The van der Waals surface area contributed by atoms with Crippen LogP contribution in [0, 0.1) is 11.6 Å². The van der Waals surface area contributed by atoms with Crippen LogP contribution < -0.4 is 0 Å². The highest BCUT2D eigenvalue weighted by molar-refractivity contribution is 6.27. The molecule has 0 saturated carbocycles. The van der Waals surface area contributed by atoms with Crippen molar-refractivity contribution in [2.24, 2.45) is 0 Å². The summed E-state index contributed by atoms with van der Waals surface area (Å²) in [6.45, 7) is 0.850. The zero-order valence-corrected chi connectivity index (χ0v) is 18.2. The molecule has 1 aliphatic carbocycles. The number of aliphatic hydroxyl groups is 1. The van der Waals surface area contributed by atoms with Gasteiger partial charge in [0, 0.05) is 12.0 Å². The zero-order valence-electron chi connectivity index (χ0n) is 18.2. The van der Waals surface area contributed by atoms with Gasteiger partial charge in [0.25, 0.3) is 0 Å². The van der Waals surface area contributed by atoms with Crippen LogP contribution in [0.25, 0.3) is 0 Å². The standard InChI is InChI=1S/C22H27F2NO.C2H2O4/c1-25(2)14-6-13-22(26)19-9-4-3-7-16(19)8-5-10-20(22)18-12-11-17(23)15-21(18)24;3-1(4)2(5)6/h3-4,7,9,11-12,15,20,26H,5-6,8,10,13-14H2,1-2H3;(H,3,4)(H,5,6). The molecule has 0 aliphatic heterocycles. The maximum Gasteiger partial charge on any atom is 0.414 e. The zero-order chi connectivity index (χ0) is 23.9. The number of aliphatic carboxylic acids is 2. The molecule has 0 radical (unpaired) electrons. The second kappa shape index (κ2) is 11.2. The first kappa shape index (κ1) is 25.4. The van der Waals surface area contributed by atoms with Gasteiger partial charge < -0.3 is 20.2 Å². The quantitative estimate of drug-likeness (QED) is 0.475. The predicted molar refractivity (Wildman–Crippen MR) is 115 cm³/mol. The van der Waals surface area contributed by atoms with Gasteiger partial charge in [-0.3, -0.25) is 0 Å². The Morgan fingerprint density at radius 2 is 1.75 bits per heavy atom. The highest BCUT2D eigenvalue weighted by atomic mass is 19.1. The molecule has 8 heteroatoms. The molecule has 0 fully saturated rings. The molecule has 2 aromatic carbocycles. The monoisotopic (exact) mass is 449 g/mol. The van der Waals surface area contributed by atoms with Crippen molar-refractivity contribution in [2.45, 2.75) is 43.6 Å². The van der Waals surface area contributed by atoms with E-state index in [2.05, 4.69) is 11.0 Å². The number of benzene rings is 2. The highest BCUT2D eigenvalue weighted by Gasteiger charge is 2.42. The summed E-state index contributed by atoms with van der Waals surface area (Å²) in [4.78, 5) is 20.3. The van der Waals surface area contributed by atoms with Gasteiger partial charge in [-0.25, -0.2) is 18.4 Å². The van der Waals surface area contributed by atoms with Crippen LogP contribution in [0.3, 0.4) is 0 Å². The maximum atomic E-state index is 14.6. The van der Waals surface area contributed by atoms with E-state index in [1.54, 1.807) is 0 Å². The lowest BCUT2D eigenvalue weighted by Crippen LogP contribution is -2.35. The molecule has 3 rings (SSSR count). The van der Waals surface area contributed by atoms with Crippen LogP contribution >= 0.6 is 0 Å². The molecular weight excluding hydrogens is 420 g/mol. The summed E-state index contributed by atoms with van der Waals surface area (Å²) in [5.74, 6) is -5.18. The van der Waals surface area contributed by atoms with E-state index < -0.39 is 29.2 Å². The first-order valence-corrected chi connectivity index (χ1v) is 10.4. The molecule has 2 unspecified atom stereocenters. The number of aryl methyl sites for hydroxylation is 1. The lowest BCUT2D eigenvalue weighted by Gasteiger charge is -2.37. The van der Waals surface area contributed by atoms with Crippen molar-refractivity contribution < 1.29 is 33.7 Å². The maximum absolute atomic E-state index is 14.6. The Morgan fingerprint density at radius 3 is 2.34 bits per heavy atom. The average Bonchev–Trinajstić information content (AvgIpc) is 2.85. The summed E-state index contributed by atoms with van der Waals surface area (Å²) >= 11 is 0. The molecule has 6 nitrogen and oxygen atoms in total. The number of carboxylic acid groups (broad SMARTS) is 2. The SMILES string of the molecule is CN(C)CCCC1(O)c2ccccc2CCCC1c1ccc(F)cc1F.O=C(O)C(=O)O. The Labute approximate surface area is 186 Å². The molecule has 0 heterocycles. The van der Waals surface area contributed by atoms with Gasteiger partial charge in [0.1, 0.15) is 11.6 Å². The van der Waals surface area contributed by atoms with E-state index in [-0.39, 0.29) is 5.92 Å². The van der Waals surface area contributed by atoms with Crippen molar-refractivity contribution in [3.63, 3.8) is 0 Å². The number of rotatable bonds is 5. The summed E-state index contributed by atoms with van der Waals surface area (Å²) in [5, 5.41) is 26.6. The number of hydrogen-bond acceptors (Lipinski definition) is 4. The van der Waals surface area contributed by atoms with Crippen molar-refractivity contribution in [3.05, 3.63) is 70.8 Å². The van der Waals surface area contributed by atoms with Crippen molar-refractivity contribution in [1.82, 2.24) is 4.90 Å². The van der Waals surface area contributed by atoms with Crippen LogP contribution in [0.2, 0.25) is 0 Å². The Kier molecular flexibility index (Phi) is 8.86. The molecule has 0 bridgehead atoms. The number of nitrogens with zero attached hydrogens (tertiary/aromatic N) is 1. The van der Waals surface area contributed by atoms with E-state index in [9.17, 15) is 13.9 Å². The lowest BCUT2D eigenvalue weighted by molar-refractivity contribution is -0.159. The average molecular weight is 449 g/mol. The molecule has 2 aromatic rings. The Balaban J connectivity index is 0.000000534. The number of carboxylic acids is 2. The highest BCUT2D eigenvalue weighted by Crippen LogP contribution is 2.47. The van der Waals surface area contributed by atoms with Gasteiger partial charge in [-0.05, 0) is 75.5 Å². The van der Waals surface area contributed by atoms with Crippen LogP contribution in [-0.4, -0.2) is 52.8 Å². The van der Waals surface area contributed by atoms with Crippen LogP contribution in [0.1, 0.15) is 48.3 Å². The summed E-state index contributed by atoms with van der Waals surface area (Å²) in [6, 6.07) is 11.6. The van der Waals surface area contributed by atoms with Crippen LogP contribution in [0.4, 0.5) is 8.78 Å². The molecule has 0 saturated heterocycles. The molecule has 3 N–H and O–H groups in total. The fourth-order valence-corrected chi connectivity index (χ4v) is 4.25. The van der Waals surface area contributed by atoms with E-state index in [1.165, 1.54) is 12.1 Å². The second-order valence-electron chi connectivity index (χ2n) is 8.21. The van der Waals surface area contributed by atoms with Gasteiger partial charge in [-0.2, -0.15) is 0 Å². The van der Waals surface area contributed by atoms with Crippen LogP contribution in [-0.2, 0) is 21.6 Å². The third kappa shape index (κ3) is 6.34. The molecule has 2 atom stereocenters. The fraction of sp³-hybridized carbons (Fsp3) is 0.417. The minimum atomic E-state index is -1.82. The van der Waals surface area contributed by atoms with Crippen molar-refractivity contribution in [1.29, 1.82) is 0 Å². The molecular formula is C24H29F2NO5. The molecule has 0 aromatic heterocycles. The summed E-state index contributed by atoms with van der Waals surface area (Å²) in [6.07, 6.45) is 3.76. The molecule has 1 aliphatic rings. The third-order valence-corrected chi connectivity index (χ3v) is 5.68. The Hall–Kier alpha value is -2.84. The predicted octanol–water partition coefficient (Wildman–Crippen LogP) is 3.77. The van der Waals surface area contributed by atoms with E-state index in [0.29, 0.717) is 18.4 Å². The van der Waals surface area contributed by atoms with Gasteiger partial charge in [-0.1, -0.05) is 30.3 Å². The van der Waals surface area contributed by atoms with E-state index in [4.69, 9.17) is 19.8 Å².